The predicted molar refractivity (Wildman–Crippen MR) is 99.4 cm³/mol. The van der Waals surface area contributed by atoms with E-state index in [-0.39, 0.29) is 16.7 Å². The molecule has 0 unspecified atom stereocenters. The van der Waals surface area contributed by atoms with Gasteiger partial charge in [-0.15, -0.1) is 0 Å². The fourth-order valence-electron chi connectivity index (χ4n) is 2.92. The van der Waals surface area contributed by atoms with Crippen LogP contribution in [0.3, 0.4) is 0 Å². The van der Waals surface area contributed by atoms with E-state index in [1.165, 1.54) is 24.3 Å². The van der Waals surface area contributed by atoms with Crippen molar-refractivity contribution in [3.63, 3.8) is 0 Å². The summed E-state index contributed by atoms with van der Waals surface area (Å²) in [7, 11) is 0. The molecule has 1 aromatic rings. The lowest BCUT2D eigenvalue weighted by Crippen LogP contribution is -2.47. The van der Waals surface area contributed by atoms with Gasteiger partial charge in [-0.25, -0.2) is 4.79 Å². The molecule has 0 aromatic heterocycles. The van der Waals surface area contributed by atoms with E-state index in [1.807, 2.05) is 13.8 Å². The smallest absolute Gasteiger partial charge is 0.331 e. The SMILES string of the molecule is CC(C)(C)CC(C)(C)NC(=O)COC(=O)/C=C/c1ccccc1[N+](=O)[O-]. The summed E-state index contributed by atoms with van der Waals surface area (Å²) in [6, 6.07) is 6.03. The Morgan fingerprint density at radius 3 is 2.38 bits per heavy atom. The van der Waals surface area contributed by atoms with Crippen LogP contribution in [-0.2, 0) is 14.3 Å². The number of nitro groups is 1. The van der Waals surface area contributed by atoms with Crippen molar-refractivity contribution in [3.8, 4) is 0 Å². The zero-order chi connectivity index (χ0) is 20.0. The van der Waals surface area contributed by atoms with E-state index in [1.54, 1.807) is 6.07 Å². The minimum absolute atomic E-state index is 0.0423. The van der Waals surface area contributed by atoms with E-state index < -0.39 is 28.9 Å². The van der Waals surface area contributed by atoms with Gasteiger partial charge in [0, 0.05) is 17.7 Å². The van der Waals surface area contributed by atoms with Gasteiger partial charge in [0.25, 0.3) is 11.6 Å². The molecular formula is C19H26N2O5. The standard InChI is InChI=1S/C19H26N2O5/c1-18(2,3)13-19(4,5)20-16(22)12-26-17(23)11-10-14-8-6-7-9-15(14)21(24)25/h6-11H,12-13H2,1-5H3,(H,20,22)/b11-10+. The normalized spacial score (nSPS) is 12.0. The Morgan fingerprint density at radius 2 is 1.81 bits per heavy atom. The number of rotatable bonds is 7. The number of ether oxygens (including phenoxy) is 1. The Balaban J connectivity index is 2.57. The number of nitrogens with one attached hydrogen (secondary N) is 1. The second-order valence-electron chi connectivity index (χ2n) is 7.93. The number of carbonyl (C=O) groups excluding carboxylic acids is 2. The van der Waals surface area contributed by atoms with Crippen LogP contribution in [0.2, 0.25) is 0 Å². The van der Waals surface area contributed by atoms with Crippen LogP contribution in [0, 0.1) is 15.5 Å². The molecule has 1 amide bonds. The summed E-state index contributed by atoms with van der Waals surface area (Å²) in [5.41, 5.74) is -0.216. The first-order chi connectivity index (χ1) is 11.9. The summed E-state index contributed by atoms with van der Waals surface area (Å²) in [6.45, 7) is 9.64. The van der Waals surface area contributed by atoms with E-state index >= 15 is 0 Å². The molecule has 0 fully saturated rings. The average molecular weight is 362 g/mol. The van der Waals surface area contributed by atoms with E-state index in [0.29, 0.717) is 0 Å². The Morgan fingerprint density at radius 1 is 1.19 bits per heavy atom. The van der Waals surface area contributed by atoms with Gasteiger partial charge in [0.1, 0.15) is 0 Å². The summed E-state index contributed by atoms with van der Waals surface area (Å²) in [6.07, 6.45) is 3.12. The number of nitro benzene ring substituents is 1. The maximum Gasteiger partial charge on any atom is 0.331 e. The lowest BCUT2D eigenvalue weighted by molar-refractivity contribution is -0.385. The van der Waals surface area contributed by atoms with Crippen LogP contribution in [-0.4, -0.2) is 28.9 Å². The monoisotopic (exact) mass is 362 g/mol. The fraction of sp³-hybridized carbons (Fsp3) is 0.474. The number of esters is 1. The Labute approximate surface area is 153 Å². The van der Waals surface area contributed by atoms with Crippen LogP contribution < -0.4 is 5.32 Å². The average Bonchev–Trinajstić information content (AvgIpc) is 2.48. The van der Waals surface area contributed by atoms with Crippen molar-refractivity contribution in [2.24, 2.45) is 5.41 Å². The van der Waals surface area contributed by atoms with Gasteiger partial charge in [-0.1, -0.05) is 32.9 Å². The molecular weight excluding hydrogens is 336 g/mol. The van der Waals surface area contributed by atoms with Crippen molar-refractivity contribution in [2.75, 3.05) is 6.61 Å². The van der Waals surface area contributed by atoms with Crippen molar-refractivity contribution < 1.29 is 19.2 Å². The zero-order valence-electron chi connectivity index (χ0n) is 15.9. The Kier molecular flexibility index (Phi) is 7.06. The molecule has 0 aliphatic rings. The van der Waals surface area contributed by atoms with Crippen LogP contribution in [0.5, 0.6) is 0 Å². The predicted octanol–water partition coefficient (Wildman–Crippen LogP) is 3.48. The number of para-hydroxylation sites is 1. The zero-order valence-corrected chi connectivity index (χ0v) is 15.9. The quantitative estimate of drug-likeness (QED) is 0.346. The third-order valence-corrected chi connectivity index (χ3v) is 3.33. The molecule has 0 aliphatic heterocycles. The van der Waals surface area contributed by atoms with Gasteiger partial charge in [-0.3, -0.25) is 14.9 Å². The number of benzene rings is 1. The van der Waals surface area contributed by atoms with Crippen LogP contribution in [0.15, 0.2) is 30.3 Å². The van der Waals surface area contributed by atoms with Crippen LogP contribution in [0.25, 0.3) is 6.08 Å². The molecule has 0 aliphatic carbocycles. The highest BCUT2D eigenvalue weighted by atomic mass is 16.6. The molecule has 1 rings (SSSR count). The lowest BCUT2D eigenvalue weighted by atomic mass is 9.82. The Bertz CT molecular complexity index is 702. The van der Waals surface area contributed by atoms with E-state index in [0.717, 1.165) is 12.5 Å². The van der Waals surface area contributed by atoms with Crippen LogP contribution >= 0.6 is 0 Å². The molecule has 26 heavy (non-hydrogen) atoms. The molecule has 7 nitrogen and oxygen atoms in total. The molecule has 0 heterocycles. The molecule has 142 valence electrons. The van der Waals surface area contributed by atoms with Crippen LogP contribution in [0.1, 0.15) is 46.6 Å². The van der Waals surface area contributed by atoms with E-state index in [4.69, 9.17) is 4.74 Å². The van der Waals surface area contributed by atoms with Gasteiger partial charge in [0.05, 0.1) is 10.5 Å². The fourth-order valence-corrected chi connectivity index (χ4v) is 2.92. The summed E-state index contributed by atoms with van der Waals surface area (Å²) >= 11 is 0. The van der Waals surface area contributed by atoms with Crippen molar-refractivity contribution >= 4 is 23.6 Å². The second kappa shape index (κ2) is 8.60. The molecule has 0 saturated carbocycles. The van der Waals surface area contributed by atoms with Gasteiger partial charge in [-0.2, -0.15) is 0 Å². The van der Waals surface area contributed by atoms with E-state index in [9.17, 15) is 19.7 Å². The summed E-state index contributed by atoms with van der Waals surface area (Å²) < 4.78 is 4.89. The summed E-state index contributed by atoms with van der Waals surface area (Å²) in [5, 5.41) is 13.8. The first-order valence-electron chi connectivity index (χ1n) is 8.29. The highest BCUT2D eigenvalue weighted by molar-refractivity contribution is 5.90. The minimum Gasteiger partial charge on any atom is -0.452 e. The van der Waals surface area contributed by atoms with Crippen LogP contribution in [0.4, 0.5) is 5.69 Å². The molecule has 1 aromatic carbocycles. The topological polar surface area (TPSA) is 98.5 Å². The number of hydrogen-bond donors (Lipinski definition) is 1. The third kappa shape index (κ3) is 7.92. The van der Waals surface area contributed by atoms with Crippen molar-refractivity contribution in [3.05, 3.63) is 46.0 Å². The highest BCUT2D eigenvalue weighted by Gasteiger charge is 2.27. The third-order valence-electron chi connectivity index (χ3n) is 3.33. The number of carbonyl (C=O) groups is 2. The molecule has 0 atom stereocenters. The lowest BCUT2D eigenvalue weighted by Gasteiger charge is -2.33. The van der Waals surface area contributed by atoms with Gasteiger partial charge in [-0.05, 0) is 37.8 Å². The van der Waals surface area contributed by atoms with Gasteiger partial charge >= 0.3 is 5.97 Å². The second-order valence-corrected chi connectivity index (χ2v) is 7.93. The van der Waals surface area contributed by atoms with Gasteiger partial charge in [0.2, 0.25) is 0 Å². The number of hydrogen-bond acceptors (Lipinski definition) is 5. The molecule has 0 radical (unpaired) electrons. The van der Waals surface area contributed by atoms with Crippen molar-refractivity contribution in [1.29, 1.82) is 0 Å². The first-order valence-corrected chi connectivity index (χ1v) is 8.29. The number of amides is 1. The minimum atomic E-state index is -0.744. The maximum absolute atomic E-state index is 12.0. The van der Waals surface area contributed by atoms with E-state index in [2.05, 4.69) is 26.1 Å². The number of nitrogens with zero attached hydrogens (tertiary/aromatic N) is 1. The molecule has 1 N–H and O–H groups in total. The summed E-state index contributed by atoms with van der Waals surface area (Å²) in [4.78, 5) is 34.1. The van der Waals surface area contributed by atoms with Gasteiger partial charge in [0.15, 0.2) is 6.61 Å². The maximum atomic E-state index is 12.0. The molecule has 0 bridgehead atoms. The first kappa shape index (κ1) is 21.3. The van der Waals surface area contributed by atoms with Crippen molar-refractivity contribution in [2.45, 2.75) is 46.6 Å². The largest absolute Gasteiger partial charge is 0.452 e. The molecule has 0 saturated heterocycles. The molecule has 7 heteroatoms. The summed E-state index contributed by atoms with van der Waals surface area (Å²) in [5.74, 6) is -1.14. The molecule has 0 spiro atoms. The van der Waals surface area contributed by atoms with Gasteiger partial charge < -0.3 is 10.1 Å². The van der Waals surface area contributed by atoms with Crippen molar-refractivity contribution in [1.82, 2.24) is 5.32 Å². The highest BCUT2D eigenvalue weighted by Crippen LogP contribution is 2.26. The Hall–Kier alpha value is -2.70.